The Bertz CT molecular complexity index is 1080. The first-order chi connectivity index (χ1) is 14.0. The molecule has 3 rings (SSSR count). The van der Waals surface area contributed by atoms with Gasteiger partial charge in [0.05, 0.1) is 21.7 Å². The van der Waals surface area contributed by atoms with Gasteiger partial charge in [0.25, 0.3) is 11.6 Å². The lowest BCUT2D eigenvalue weighted by Crippen LogP contribution is -2.30. The highest BCUT2D eigenvalue weighted by Gasteiger charge is 2.24. The number of nitrogens with one attached hydrogen (secondary N) is 3. The summed E-state index contributed by atoms with van der Waals surface area (Å²) in [4.78, 5) is 44.7. The van der Waals surface area contributed by atoms with Gasteiger partial charge < -0.3 is 5.32 Å². The zero-order valence-corrected chi connectivity index (χ0v) is 14.5. The third-order valence-electron chi connectivity index (χ3n) is 3.54. The van der Waals surface area contributed by atoms with Crippen molar-refractivity contribution in [2.75, 3.05) is 10.7 Å². The molecule has 0 bridgehead atoms. The van der Waals surface area contributed by atoms with Crippen LogP contribution in [0, 0.1) is 20.2 Å². The van der Waals surface area contributed by atoms with Gasteiger partial charge in [0.2, 0.25) is 11.6 Å². The van der Waals surface area contributed by atoms with E-state index in [0.717, 1.165) is 12.4 Å². The summed E-state index contributed by atoms with van der Waals surface area (Å²) < 4.78 is 0. The zero-order valence-electron chi connectivity index (χ0n) is 14.5. The van der Waals surface area contributed by atoms with Crippen LogP contribution in [0.15, 0.2) is 55.1 Å². The van der Waals surface area contributed by atoms with E-state index in [0.29, 0.717) is 5.69 Å². The average Bonchev–Trinajstić information content (AvgIpc) is 2.72. The third kappa shape index (κ3) is 4.54. The number of anilines is 3. The molecular weight excluding hydrogens is 384 g/mol. The zero-order chi connectivity index (χ0) is 20.8. The molecule has 1 amide bonds. The lowest BCUT2D eigenvalue weighted by atomic mass is 10.2. The van der Waals surface area contributed by atoms with Gasteiger partial charge in [0.1, 0.15) is 6.33 Å². The Morgan fingerprint density at radius 1 is 1.00 bits per heavy atom. The Morgan fingerprint density at radius 2 is 1.79 bits per heavy atom. The highest BCUT2D eigenvalue weighted by Crippen LogP contribution is 2.30. The Labute approximate surface area is 162 Å². The van der Waals surface area contributed by atoms with E-state index in [-0.39, 0.29) is 22.9 Å². The Balaban J connectivity index is 1.81. The number of non-ortho nitro benzene ring substituents is 1. The first-order valence-electron chi connectivity index (χ1n) is 7.93. The summed E-state index contributed by atoms with van der Waals surface area (Å²) in [6.07, 6.45) is 4.05. The molecule has 13 heteroatoms. The van der Waals surface area contributed by atoms with Crippen molar-refractivity contribution < 1.29 is 14.6 Å². The smallest absolute Gasteiger partial charge is 0.333 e. The fourth-order valence-corrected chi connectivity index (χ4v) is 2.26. The molecule has 0 saturated heterocycles. The quantitative estimate of drug-likeness (QED) is 0.396. The number of pyridine rings is 1. The minimum atomic E-state index is -0.747. The number of hydrogen-bond donors (Lipinski definition) is 3. The van der Waals surface area contributed by atoms with Crippen molar-refractivity contribution in [1.82, 2.24) is 20.4 Å². The third-order valence-corrected chi connectivity index (χ3v) is 3.54. The van der Waals surface area contributed by atoms with Gasteiger partial charge in [-0.25, -0.2) is 9.97 Å². The number of hydrogen-bond acceptors (Lipinski definition) is 10. The summed E-state index contributed by atoms with van der Waals surface area (Å²) in [6.45, 7) is 0. The topological polar surface area (TPSA) is 178 Å². The van der Waals surface area contributed by atoms with E-state index >= 15 is 0 Å². The average molecular weight is 396 g/mol. The summed E-state index contributed by atoms with van der Waals surface area (Å²) in [5, 5.41) is 25.1. The van der Waals surface area contributed by atoms with Gasteiger partial charge in [-0.3, -0.25) is 40.9 Å². The molecule has 0 saturated carbocycles. The Hall–Kier alpha value is -4.68. The molecule has 13 nitrogen and oxygen atoms in total. The monoisotopic (exact) mass is 396 g/mol. The molecule has 0 aliphatic heterocycles. The molecule has 0 atom stereocenters. The summed E-state index contributed by atoms with van der Waals surface area (Å²) in [5.41, 5.74) is 4.23. The molecule has 0 aliphatic carbocycles. The number of aromatic nitrogens is 3. The molecule has 29 heavy (non-hydrogen) atoms. The maximum absolute atomic E-state index is 12.2. The summed E-state index contributed by atoms with van der Waals surface area (Å²) in [7, 11) is 0. The summed E-state index contributed by atoms with van der Waals surface area (Å²) in [5.74, 6) is -1.15. The standard InChI is InChI=1S/C16H12N8O5/c25-16(10-3-1-5-12(7-10)23(26)27)22-21-15-13(24(28)29)14(18-9-19-15)20-11-4-2-6-17-8-11/h1-9H,(H,22,25)(H2,18,19,20,21). The number of amides is 1. The molecule has 3 aromatic rings. The van der Waals surface area contributed by atoms with Crippen LogP contribution in [0.5, 0.6) is 0 Å². The first kappa shape index (κ1) is 19.1. The van der Waals surface area contributed by atoms with Gasteiger partial charge in [-0.15, -0.1) is 0 Å². The molecule has 0 fully saturated rings. The molecule has 1 aromatic carbocycles. The summed E-state index contributed by atoms with van der Waals surface area (Å²) in [6, 6.07) is 8.27. The lowest BCUT2D eigenvalue weighted by molar-refractivity contribution is -0.384. The second-order valence-corrected chi connectivity index (χ2v) is 5.43. The molecule has 2 aromatic heterocycles. The molecule has 0 unspecified atom stereocenters. The fraction of sp³-hybridized carbons (Fsp3) is 0. The number of carbonyl (C=O) groups excluding carboxylic acids is 1. The number of hydrazine groups is 1. The Morgan fingerprint density at radius 3 is 2.48 bits per heavy atom. The molecular formula is C16H12N8O5. The van der Waals surface area contributed by atoms with Crippen LogP contribution in [0.4, 0.5) is 28.7 Å². The molecule has 0 radical (unpaired) electrons. The van der Waals surface area contributed by atoms with Crippen molar-refractivity contribution >= 4 is 34.6 Å². The van der Waals surface area contributed by atoms with Gasteiger partial charge in [-0.2, -0.15) is 0 Å². The highest BCUT2D eigenvalue weighted by atomic mass is 16.6. The lowest BCUT2D eigenvalue weighted by Gasteiger charge is -2.10. The van der Waals surface area contributed by atoms with Crippen molar-refractivity contribution in [2.24, 2.45) is 0 Å². The van der Waals surface area contributed by atoms with E-state index < -0.39 is 21.4 Å². The molecule has 3 N–H and O–H groups in total. The van der Waals surface area contributed by atoms with Crippen LogP contribution < -0.4 is 16.2 Å². The minimum Gasteiger partial charge on any atom is -0.333 e. The molecule has 0 aliphatic rings. The van der Waals surface area contributed by atoms with Crippen molar-refractivity contribution in [3.05, 3.63) is 80.9 Å². The maximum Gasteiger partial charge on any atom is 0.355 e. The predicted octanol–water partition coefficient (Wildman–Crippen LogP) is 2.19. The van der Waals surface area contributed by atoms with Gasteiger partial charge >= 0.3 is 5.69 Å². The second kappa shape index (κ2) is 8.34. The van der Waals surface area contributed by atoms with Crippen LogP contribution in [0.3, 0.4) is 0 Å². The number of benzene rings is 1. The van der Waals surface area contributed by atoms with Crippen LogP contribution in [-0.4, -0.2) is 30.7 Å². The van der Waals surface area contributed by atoms with E-state index in [2.05, 4.69) is 31.1 Å². The molecule has 0 spiro atoms. The minimum absolute atomic E-state index is 0.0166. The number of nitro benzene ring substituents is 1. The predicted molar refractivity (Wildman–Crippen MR) is 100 cm³/mol. The number of nitrogens with zero attached hydrogens (tertiary/aromatic N) is 5. The van der Waals surface area contributed by atoms with Crippen molar-refractivity contribution in [3.63, 3.8) is 0 Å². The largest absolute Gasteiger partial charge is 0.355 e. The molecule has 2 heterocycles. The van der Waals surface area contributed by atoms with Crippen LogP contribution in [0.2, 0.25) is 0 Å². The highest BCUT2D eigenvalue weighted by molar-refractivity contribution is 5.95. The molecule has 146 valence electrons. The number of rotatable bonds is 7. The van der Waals surface area contributed by atoms with E-state index in [4.69, 9.17) is 0 Å². The van der Waals surface area contributed by atoms with Gasteiger partial charge in [0, 0.05) is 23.9 Å². The van der Waals surface area contributed by atoms with Gasteiger partial charge in [0.15, 0.2) is 0 Å². The fourth-order valence-electron chi connectivity index (χ4n) is 2.26. The van der Waals surface area contributed by atoms with Crippen LogP contribution in [-0.2, 0) is 0 Å². The first-order valence-corrected chi connectivity index (χ1v) is 7.93. The van der Waals surface area contributed by atoms with E-state index in [1.165, 1.54) is 30.6 Å². The normalized spacial score (nSPS) is 10.1. The van der Waals surface area contributed by atoms with Crippen LogP contribution in [0.1, 0.15) is 10.4 Å². The van der Waals surface area contributed by atoms with Crippen molar-refractivity contribution in [3.8, 4) is 0 Å². The van der Waals surface area contributed by atoms with E-state index in [1.807, 2.05) is 0 Å². The van der Waals surface area contributed by atoms with Crippen LogP contribution in [0.25, 0.3) is 0 Å². The van der Waals surface area contributed by atoms with Crippen molar-refractivity contribution in [2.45, 2.75) is 0 Å². The van der Waals surface area contributed by atoms with Gasteiger partial charge in [-0.1, -0.05) is 6.07 Å². The number of nitro groups is 2. The van der Waals surface area contributed by atoms with Crippen LogP contribution >= 0.6 is 0 Å². The Kier molecular flexibility index (Phi) is 5.49. The number of carbonyl (C=O) groups is 1. The maximum atomic E-state index is 12.2. The van der Waals surface area contributed by atoms with Crippen molar-refractivity contribution in [1.29, 1.82) is 0 Å². The van der Waals surface area contributed by atoms with Gasteiger partial charge in [-0.05, 0) is 18.2 Å². The van der Waals surface area contributed by atoms with E-state index in [1.54, 1.807) is 12.1 Å². The SMILES string of the molecule is O=C(NNc1ncnc(Nc2cccnc2)c1[N+](=O)[O-])c1cccc([N+](=O)[O-])c1. The summed E-state index contributed by atoms with van der Waals surface area (Å²) >= 11 is 0. The second-order valence-electron chi connectivity index (χ2n) is 5.43. The van der Waals surface area contributed by atoms with E-state index in [9.17, 15) is 25.0 Å².